The maximum atomic E-state index is 12.7. The largest absolute Gasteiger partial charge is 0.373 e. The minimum atomic E-state index is -0.0896. The summed E-state index contributed by atoms with van der Waals surface area (Å²) in [6.45, 7) is 4.25. The van der Waals surface area contributed by atoms with Gasteiger partial charge in [0.05, 0.1) is 23.1 Å². The molecule has 2 fully saturated rings. The van der Waals surface area contributed by atoms with Gasteiger partial charge in [0.15, 0.2) is 0 Å². The Morgan fingerprint density at radius 1 is 1.36 bits per heavy atom. The SMILES string of the molecule is Cc1ccsc1C(=O)N1CCC2(CC1)CC(Nc1ccccn1)CO2. The first-order chi connectivity index (χ1) is 12.2. The predicted octanol–water partition coefficient (Wildman–Crippen LogP) is 3.33. The summed E-state index contributed by atoms with van der Waals surface area (Å²) in [7, 11) is 0. The third kappa shape index (κ3) is 3.41. The van der Waals surface area contributed by atoms with E-state index >= 15 is 0 Å². The van der Waals surface area contributed by atoms with Crippen molar-refractivity contribution in [2.75, 3.05) is 25.0 Å². The number of piperidine rings is 1. The average Bonchev–Trinajstić information content (AvgIpc) is 3.23. The van der Waals surface area contributed by atoms with Gasteiger partial charge in [0, 0.05) is 19.3 Å². The molecule has 1 unspecified atom stereocenters. The molecule has 5 nitrogen and oxygen atoms in total. The maximum Gasteiger partial charge on any atom is 0.264 e. The standard InChI is InChI=1S/C19H23N3O2S/c1-14-5-11-25-17(14)18(23)22-9-6-19(7-10-22)12-15(13-24-19)21-16-4-2-3-8-20-16/h2-5,8,11,15H,6-7,9-10,12-13H2,1H3,(H,20,21). The van der Waals surface area contributed by atoms with E-state index in [9.17, 15) is 4.79 Å². The molecule has 2 aromatic rings. The van der Waals surface area contributed by atoms with E-state index in [-0.39, 0.29) is 17.6 Å². The molecule has 1 N–H and O–H groups in total. The molecule has 132 valence electrons. The number of aromatic nitrogens is 1. The van der Waals surface area contributed by atoms with Crippen molar-refractivity contribution in [1.82, 2.24) is 9.88 Å². The highest BCUT2D eigenvalue weighted by molar-refractivity contribution is 7.12. The number of amides is 1. The van der Waals surface area contributed by atoms with Gasteiger partial charge in [0.1, 0.15) is 5.82 Å². The van der Waals surface area contributed by atoms with Crippen LogP contribution in [0.2, 0.25) is 0 Å². The van der Waals surface area contributed by atoms with Crippen LogP contribution in [0, 0.1) is 6.92 Å². The fourth-order valence-corrected chi connectivity index (χ4v) is 4.69. The van der Waals surface area contributed by atoms with Gasteiger partial charge in [-0.05, 0) is 55.3 Å². The van der Waals surface area contributed by atoms with Gasteiger partial charge in [0.25, 0.3) is 5.91 Å². The van der Waals surface area contributed by atoms with Gasteiger partial charge >= 0.3 is 0 Å². The van der Waals surface area contributed by atoms with Gasteiger partial charge < -0.3 is 15.0 Å². The zero-order valence-corrected chi connectivity index (χ0v) is 15.2. The highest BCUT2D eigenvalue weighted by Crippen LogP contribution is 2.37. The monoisotopic (exact) mass is 357 g/mol. The van der Waals surface area contributed by atoms with E-state index in [4.69, 9.17) is 4.74 Å². The van der Waals surface area contributed by atoms with Crippen molar-refractivity contribution >= 4 is 23.1 Å². The Morgan fingerprint density at radius 3 is 2.88 bits per heavy atom. The number of thiophene rings is 1. The summed E-state index contributed by atoms with van der Waals surface area (Å²) in [4.78, 5) is 19.8. The van der Waals surface area contributed by atoms with Crippen molar-refractivity contribution in [3.63, 3.8) is 0 Å². The first-order valence-corrected chi connectivity index (χ1v) is 9.68. The molecule has 25 heavy (non-hydrogen) atoms. The number of nitrogens with one attached hydrogen (secondary N) is 1. The third-order valence-electron chi connectivity index (χ3n) is 5.24. The molecule has 1 amide bonds. The van der Waals surface area contributed by atoms with E-state index in [2.05, 4.69) is 10.3 Å². The Labute approximate surface area is 152 Å². The van der Waals surface area contributed by atoms with E-state index in [0.29, 0.717) is 6.61 Å². The second kappa shape index (κ2) is 6.77. The number of carbonyl (C=O) groups is 1. The molecule has 2 aliphatic rings. The van der Waals surface area contributed by atoms with Crippen LogP contribution >= 0.6 is 11.3 Å². The summed E-state index contributed by atoms with van der Waals surface area (Å²) in [5.41, 5.74) is 0.986. The number of likely N-dealkylation sites (tertiary alicyclic amines) is 1. The number of aryl methyl sites for hydroxylation is 1. The van der Waals surface area contributed by atoms with Crippen molar-refractivity contribution in [3.8, 4) is 0 Å². The van der Waals surface area contributed by atoms with E-state index < -0.39 is 0 Å². The molecule has 0 bridgehead atoms. The lowest BCUT2D eigenvalue weighted by Gasteiger charge is -2.38. The van der Waals surface area contributed by atoms with Crippen LogP contribution in [0.25, 0.3) is 0 Å². The van der Waals surface area contributed by atoms with Crippen LogP contribution in [0.4, 0.5) is 5.82 Å². The Morgan fingerprint density at radius 2 is 2.20 bits per heavy atom. The van der Waals surface area contributed by atoms with Crippen LogP contribution in [0.1, 0.15) is 34.5 Å². The van der Waals surface area contributed by atoms with E-state index in [1.807, 2.05) is 41.5 Å². The smallest absolute Gasteiger partial charge is 0.264 e. The van der Waals surface area contributed by atoms with Gasteiger partial charge in [0.2, 0.25) is 0 Å². The van der Waals surface area contributed by atoms with Gasteiger partial charge in [-0.2, -0.15) is 0 Å². The maximum absolute atomic E-state index is 12.7. The van der Waals surface area contributed by atoms with E-state index in [1.165, 1.54) is 11.3 Å². The summed E-state index contributed by atoms with van der Waals surface area (Å²) >= 11 is 1.54. The first-order valence-electron chi connectivity index (χ1n) is 8.80. The molecule has 2 aromatic heterocycles. The molecule has 1 atom stereocenters. The van der Waals surface area contributed by atoms with Crippen LogP contribution in [-0.2, 0) is 4.74 Å². The molecule has 2 saturated heterocycles. The van der Waals surface area contributed by atoms with Crippen LogP contribution < -0.4 is 5.32 Å². The number of hydrogen-bond acceptors (Lipinski definition) is 5. The van der Waals surface area contributed by atoms with Crippen LogP contribution in [0.5, 0.6) is 0 Å². The van der Waals surface area contributed by atoms with Crippen molar-refractivity contribution in [1.29, 1.82) is 0 Å². The van der Waals surface area contributed by atoms with E-state index in [0.717, 1.165) is 48.6 Å². The van der Waals surface area contributed by atoms with Gasteiger partial charge in [-0.3, -0.25) is 4.79 Å². The molecular formula is C19H23N3O2S. The fourth-order valence-electron chi connectivity index (χ4n) is 3.80. The molecule has 4 rings (SSSR count). The van der Waals surface area contributed by atoms with Crippen molar-refractivity contribution < 1.29 is 9.53 Å². The topological polar surface area (TPSA) is 54.5 Å². The summed E-state index contributed by atoms with van der Waals surface area (Å²) in [6, 6.07) is 8.18. The number of hydrogen-bond donors (Lipinski definition) is 1. The lowest BCUT2D eigenvalue weighted by Crippen LogP contribution is -2.46. The minimum Gasteiger partial charge on any atom is -0.373 e. The van der Waals surface area contributed by atoms with Gasteiger partial charge in [-0.15, -0.1) is 11.3 Å². The molecule has 1 spiro atoms. The highest BCUT2D eigenvalue weighted by atomic mass is 32.1. The van der Waals surface area contributed by atoms with Crippen LogP contribution in [0.3, 0.4) is 0 Å². The highest BCUT2D eigenvalue weighted by Gasteiger charge is 2.43. The Balaban J connectivity index is 1.34. The van der Waals surface area contributed by atoms with E-state index in [1.54, 1.807) is 6.20 Å². The second-order valence-corrected chi connectivity index (χ2v) is 7.90. The summed E-state index contributed by atoms with van der Waals surface area (Å²) < 4.78 is 6.18. The number of anilines is 1. The van der Waals surface area contributed by atoms with Gasteiger partial charge in [-0.1, -0.05) is 6.07 Å². The fraction of sp³-hybridized carbons (Fsp3) is 0.474. The first kappa shape index (κ1) is 16.5. The van der Waals surface area contributed by atoms with Gasteiger partial charge in [-0.25, -0.2) is 4.98 Å². The summed E-state index contributed by atoms with van der Waals surface area (Å²) in [5.74, 6) is 1.07. The molecule has 0 aliphatic carbocycles. The Hall–Kier alpha value is -1.92. The number of ether oxygens (including phenoxy) is 1. The van der Waals surface area contributed by atoms with Crippen molar-refractivity contribution in [2.24, 2.45) is 0 Å². The Kier molecular flexibility index (Phi) is 4.48. The molecule has 2 aliphatic heterocycles. The molecule has 0 radical (unpaired) electrons. The van der Waals surface area contributed by atoms with Crippen LogP contribution in [0.15, 0.2) is 35.8 Å². The zero-order valence-electron chi connectivity index (χ0n) is 14.4. The molecule has 0 aromatic carbocycles. The normalized spacial score (nSPS) is 22.3. The quantitative estimate of drug-likeness (QED) is 0.915. The molecular weight excluding hydrogens is 334 g/mol. The molecule has 0 saturated carbocycles. The predicted molar refractivity (Wildman–Crippen MR) is 99.1 cm³/mol. The lowest BCUT2D eigenvalue weighted by molar-refractivity contribution is -0.0387. The lowest BCUT2D eigenvalue weighted by atomic mass is 9.87. The third-order valence-corrected chi connectivity index (χ3v) is 6.25. The second-order valence-electron chi connectivity index (χ2n) is 6.98. The number of carbonyl (C=O) groups excluding carboxylic acids is 1. The summed E-state index contributed by atoms with van der Waals surface area (Å²) in [6.07, 6.45) is 4.58. The Bertz CT molecular complexity index is 738. The summed E-state index contributed by atoms with van der Waals surface area (Å²) in [5, 5.41) is 5.45. The number of pyridine rings is 1. The average molecular weight is 357 g/mol. The van der Waals surface area contributed by atoms with Crippen molar-refractivity contribution in [2.45, 2.75) is 37.8 Å². The molecule has 6 heteroatoms. The van der Waals surface area contributed by atoms with Crippen molar-refractivity contribution in [3.05, 3.63) is 46.3 Å². The zero-order chi connectivity index (χ0) is 17.3. The molecule has 4 heterocycles. The number of nitrogens with zero attached hydrogens (tertiary/aromatic N) is 2. The van der Waals surface area contributed by atoms with Crippen LogP contribution in [-0.4, -0.2) is 47.1 Å². The number of rotatable bonds is 3. The minimum absolute atomic E-state index is 0.0896.